The third-order valence-electron chi connectivity index (χ3n) is 6.41. The van der Waals surface area contributed by atoms with E-state index in [0.717, 1.165) is 24.1 Å². The molecule has 2 bridgehead atoms. The molecule has 3 aromatic rings. The Morgan fingerprint density at radius 2 is 1.85 bits per heavy atom. The Balaban J connectivity index is 1.73. The highest BCUT2D eigenvalue weighted by Gasteiger charge is 2.67. The number of anilines is 1. The monoisotopic (exact) mass is 369 g/mol. The number of rotatable bonds is 2. The Bertz CT molecular complexity index is 1060. The zero-order valence-electron chi connectivity index (χ0n) is 14.8. The number of hydrogen-bond donors (Lipinski definition) is 1. The number of halogens is 2. The Labute approximate surface area is 153 Å². The van der Waals surface area contributed by atoms with Gasteiger partial charge in [-0.1, -0.05) is 25.0 Å². The standard InChI is InChI=1S/C19H17F2N5O/c1-18(2)10-6-7-19(18,16-25-26-17(22)27-16)15-9(10)8-13(23-24-15)14-11(20)4-3-5-12(14)21/h3-5,8,10H,6-7H2,1-2H3,(H2,22,26)/t10-,19+/m0/s1. The van der Waals surface area contributed by atoms with Crippen LogP contribution in [0.4, 0.5) is 14.8 Å². The molecular weight excluding hydrogens is 352 g/mol. The highest BCUT2D eigenvalue weighted by Crippen LogP contribution is 2.69. The molecule has 0 amide bonds. The molecule has 1 saturated carbocycles. The molecule has 0 unspecified atom stereocenters. The normalized spacial score (nSPS) is 25.0. The van der Waals surface area contributed by atoms with Crippen molar-refractivity contribution in [1.82, 2.24) is 20.4 Å². The summed E-state index contributed by atoms with van der Waals surface area (Å²) in [4.78, 5) is 0. The topological polar surface area (TPSA) is 90.7 Å². The van der Waals surface area contributed by atoms with Crippen LogP contribution in [0.3, 0.4) is 0 Å². The molecule has 8 heteroatoms. The molecule has 2 N–H and O–H groups in total. The van der Waals surface area contributed by atoms with Gasteiger partial charge < -0.3 is 10.2 Å². The fourth-order valence-electron chi connectivity index (χ4n) is 5.07. The van der Waals surface area contributed by atoms with Gasteiger partial charge in [0.15, 0.2) is 0 Å². The van der Waals surface area contributed by atoms with Crippen molar-refractivity contribution >= 4 is 6.01 Å². The number of hydrogen-bond acceptors (Lipinski definition) is 6. The largest absolute Gasteiger partial charge is 0.407 e. The number of nitrogens with zero attached hydrogens (tertiary/aromatic N) is 4. The van der Waals surface area contributed by atoms with E-state index in [9.17, 15) is 8.78 Å². The van der Waals surface area contributed by atoms with Crippen LogP contribution in [0, 0.1) is 17.0 Å². The predicted molar refractivity (Wildman–Crippen MR) is 92.6 cm³/mol. The summed E-state index contributed by atoms with van der Waals surface area (Å²) in [5.74, 6) is -0.757. The first kappa shape index (κ1) is 16.3. The van der Waals surface area contributed by atoms with E-state index in [-0.39, 0.29) is 28.6 Å². The van der Waals surface area contributed by atoms with Gasteiger partial charge in [0, 0.05) is 0 Å². The van der Waals surface area contributed by atoms with Gasteiger partial charge in [-0.25, -0.2) is 8.78 Å². The average molecular weight is 369 g/mol. The van der Waals surface area contributed by atoms with E-state index < -0.39 is 17.0 Å². The van der Waals surface area contributed by atoms with Crippen LogP contribution >= 0.6 is 0 Å². The average Bonchev–Trinajstić information content (AvgIpc) is 3.22. The van der Waals surface area contributed by atoms with Gasteiger partial charge in [-0.2, -0.15) is 5.10 Å². The molecule has 1 fully saturated rings. The molecule has 2 atom stereocenters. The fourth-order valence-corrected chi connectivity index (χ4v) is 5.07. The van der Waals surface area contributed by atoms with Gasteiger partial charge in [0.1, 0.15) is 11.6 Å². The Morgan fingerprint density at radius 3 is 2.52 bits per heavy atom. The molecule has 27 heavy (non-hydrogen) atoms. The van der Waals surface area contributed by atoms with Gasteiger partial charge >= 0.3 is 6.01 Å². The molecule has 0 aliphatic heterocycles. The molecule has 6 nitrogen and oxygen atoms in total. The summed E-state index contributed by atoms with van der Waals surface area (Å²) in [7, 11) is 0. The number of aromatic nitrogens is 4. The second kappa shape index (κ2) is 5.09. The lowest BCUT2D eigenvalue weighted by atomic mass is 9.68. The van der Waals surface area contributed by atoms with Crippen LogP contribution in [0.2, 0.25) is 0 Å². The molecule has 2 aliphatic carbocycles. The van der Waals surface area contributed by atoms with Crippen molar-refractivity contribution in [3.8, 4) is 11.3 Å². The lowest BCUT2D eigenvalue weighted by Gasteiger charge is -2.34. The van der Waals surface area contributed by atoms with Crippen LogP contribution in [-0.4, -0.2) is 20.4 Å². The summed E-state index contributed by atoms with van der Waals surface area (Å²) in [6.07, 6.45) is 1.66. The van der Waals surface area contributed by atoms with E-state index >= 15 is 0 Å². The minimum Gasteiger partial charge on any atom is -0.407 e. The van der Waals surface area contributed by atoms with E-state index in [4.69, 9.17) is 10.2 Å². The lowest BCUT2D eigenvalue weighted by molar-refractivity contribution is 0.208. The molecule has 5 rings (SSSR count). The minimum atomic E-state index is -0.661. The van der Waals surface area contributed by atoms with Crippen molar-refractivity contribution in [2.75, 3.05) is 5.73 Å². The van der Waals surface area contributed by atoms with E-state index in [2.05, 4.69) is 34.2 Å². The second-order valence-electron chi connectivity index (χ2n) is 7.79. The summed E-state index contributed by atoms with van der Waals surface area (Å²) in [5.41, 5.74) is 6.47. The van der Waals surface area contributed by atoms with Crippen LogP contribution in [0.5, 0.6) is 0 Å². The van der Waals surface area contributed by atoms with Crippen molar-refractivity contribution in [1.29, 1.82) is 0 Å². The first-order valence-corrected chi connectivity index (χ1v) is 8.78. The first-order valence-electron chi connectivity index (χ1n) is 8.78. The van der Waals surface area contributed by atoms with E-state index in [1.54, 1.807) is 6.07 Å². The lowest BCUT2D eigenvalue weighted by Crippen LogP contribution is -2.37. The Kier molecular flexibility index (Phi) is 3.07. The Hall–Kier alpha value is -2.90. The molecule has 138 valence electrons. The maximum Gasteiger partial charge on any atom is 0.312 e. The van der Waals surface area contributed by atoms with Crippen molar-refractivity contribution < 1.29 is 13.2 Å². The minimum absolute atomic E-state index is 0.00471. The number of nitrogen functional groups attached to an aromatic ring is 1. The molecule has 0 saturated heterocycles. The SMILES string of the molecule is CC1(C)[C@H]2CC[C@]1(c1nnc(N)o1)c1nnc(-c3c(F)cccc3F)cc12. The second-order valence-corrected chi connectivity index (χ2v) is 7.79. The third-order valence-corrected chi connectivity index (χ3v) is 6.41. The molecule has 2 heterocycles. The van der Waals surface area contributed by atoms with Gasteiger partial charge in [0.05, 0.1) is 22.4 Å². The zero-order valence-corrected chi connectivity index (χ0v) is 14.8. The summed E-state index contributed by atoms with van der Waals surface area (Å²) >= 11 is 0. The summed E-state index contributed by atoms with van der Waals surface area (Å²) in [5, 5.41) is 16.5. The van der Waals surface area contributed by atoms with Crippen molar-refractivity contribution in [3.63, 3.8) is 0 Å². The van der Waals surface area contributed by atoms with Crippen LogP contribution in [0.25, 0.3) is 11.3 Å². The van der Waals surface area contributed by atoms with Crippen molar-refractivity contribution in [2.45, 2.75) is 38.0 Å². The highest BCUT2D eigenvalue weighted by atomic mass is 19.1. The molecule has 0 radical (unpaired) electrons. The van der Waals surface area contributed by atoms with Gasteiger partial charge in [0.25, 0.3) is 0 Å². The van der Waals surface area contributed by atoms with E-state index in [1.807, 2.05) is 0 Å². The van der Waals surface area contributed by atoms with E-state index in [1.165, 1.54) is 18.2 Å². The summed E-state index contributed by atoms with van der Waals surface area (Å²) in [6.45, 7) is 4.24. The van der Waals surface area contributed by atoms with Crippen LogP contribution < -0.4 is 5.73 Å². The highest BCUT2D eigenvalue weighted by molar-refractivity contribution is 5.63. The van der Waals surface area contributed by atoms with Crippen molar-refractivity contribution in [3.05, 3.63) is 53.0 Å². The quantitative estimate of drug-likeness (QED) is 0.742. The van der Waals surface area contributed by atoms with Gasteiger partial charge in [-0.15, -0.1) is 10.2 Å². The van der Waals surface area contributed by atoms with E-state index in [0.29, 0.717) is 5.89 Å². The molecule has 0 spiro atoms. The molecule has 1 aromatic carbocycles. The Morgan fingerprint density at radius 1 is 1.11 bits per heavy atom. The molecular formula is C19H17F2N5O. The number of benzene rings is 1. The zero-order chi connectivity index (χ0) is 19.0. The van der Waals surface area contributed by atoms with Crippen LogP contribution in [0.1, 0.15) is 49.8 Å². The summed E-state index contributed by atoms with van der Waals surface area (Å²) in [6, 6.07) is 5.51. The molecule has 2 aliphatic rings. The smallest absolute Gasteiger partial charge is 0.312 e. The van der Waals surface area contributed by atoms with Gasteiger partial charge in [-0.05, 0) is 47.9 Å². The van der Waals surface area contributed by atoms with Gasteiger partial charge in [0.2, 0.25) is 5.89 Å². The summed E-state index contributed by atoms with van der Waals surface area (Å²) < 4.78 is 34.0. The molecule has 2 aromatic heterocycles. The fraction of sp³-hybridized carbons (Fsp3) is 0.368. The third kappa shape index (κ3) is 1.87. The van der Waals surface area contributed by atoms with Gasteiger partial charge in [-0.3, -0.25) is 0 Å². The van der Waals surface area contributed by atoms with Crippen LogP contribution in [0.15, 0.2) is 28.7 Å². The number of fused-ring (bicyclic) bond motifs is 5. The first-order chi connectivity index (χ1) is 12.9. The maximum atomic E-state index is 14.2. The maximum absolute atomic E-state index is 14.2. The number of nitrogens with two attached hydrogens (primary N) is 1. The predicted octanol–water partition coefficient (Wildman–Crippen LogP) is 3.59. The van der Waals surface area contributed by atoms with Crippen LogP contribution in [-0.2, 0) is 5.41 Å². The van der Waals surface area contributed by atoms with Crippen molar-refractivity contribution in [2.24, 2.45) is 5.41 Å².